The van der Waals surface area contributed by atoms with Crippen LogP contribution < -0.4 is 0 Å². The number of fused-ring (bicyclic) bond motifs is 3. The van der Waals surface area contributed by atoms with E-state index in [0.717, 1.165) is 10.8 Å². The minimum absolute atomic E-state index is 0. The van der Waals surface area contributed by atoms with Crippen LogP contribution in [0.5, 0.6) is 5.75 Å². The van der Waals surface area contributed by atoms with Crippen LogP contribution >= 0.6 is 12.4 Å². The van der Waals surface area contributed by atoms with E-state index in [1.54, 1.807) is 24.3 Å². The second-order valence-corrected chi connectivity index (χ2v) is 5.10. The molecule has 0 unspecified atom stereocenters. The van der Waals surface area contributed by atoms with Crippen molar-refractivity contribution >= 4 is 34.7 Å². The molecule has 3 nitrogen and oxygen atoms in total. The molecule has 0 spiro atoms. The van der Waals surface area contributed by atoms with Gasteiger partial charge in [-0.1, -0.05) is 36.4 Å². The van der Waals surface area contributed by atoms with E-state index in [2.05, 4.69) is 0 Å². The third kappa shape index (κ3) is 1.83. The molecule has 0 fully saturated rings. The lowest BCUT2D eigenvalue weighted by molar-refractivity contribution is 0.0977. The number of hydrogen-bond donors (Lipinski definition) is 1. The number of carbonyl (C=O) groups is 2. The van der Waals surface area contributed by atoms with Gasteiger partial charge < -0.3 is 5.11 Å². The number of carbonyl (C=O) groups excluding carboxylic acids is 2. The fourth-order valence-corrected chi connectivity index (χ4v) is 2.86. The summed E-state index contributed by atoms with van der Waals surface area (Å²) < 4.78 is 0. The molecule has 1 aliphatic carbocycles. The van der Waals surface area contributed by atoms with Crippen LogP contribution in [0.25, 0.3) is 10.8 Å². The van der Waals surface area contributed by atoms with Crippen LogP contribution in [0.3, 0.4) is 0 Å². The van der Waals surface area contributed by atoms with E-state index < -0.39 is 0 Å². The lowest BCUT2D eigenvalue weighted by Crippen LogP contribution is -2.20. The first kappa shape index (κ1) is 14.3. The number of benzene rings is 3. The number of ketones is 2. The van der Waals surface area contributed by atoms with Gasteiger partial charge in [-0.2, -0.15) is 0 Å². The number of halogens is 1. The van der Waals surface area contributed by atoms with Gasteiger partial charge in [-0.05, 0) is 29.0 Å². The van der Waals surface area contributed by atoms with Gasteiger partial charge in [0.25, 0.3) is 0 Å². The van der Waals surface area contributed by atoms with Crippen LogP contribution in [0.4, 0.5) is 0 Å². The van der Waals surface area contributed by atoms with E-state index in [4.69, 9.17) is 0 Å². The van der Waals surface area contributed by atoms with Crippen LogP contribution in [-0.2, 0) is 0 Å². The molecule has 108 valence electrons. The largest absolute Gasteiger partial charge is 0.507 e. The quantitative estimate of drug-likeness (QED) is 0.538. The monoisotopic (exact) mass is 310 g/mol. The second-order valence-electron chi connectivity index (χ2n) is 5.10. The summed E-state index contributed by atoms with van der Waals surface area (Å²) in [6.07, 6.45) is 0. The van der Waals surface area contributed by atoms with Crippen LogP contribution in [0, 0.1) is 0 Å². The van der Waals surface area contributed by atoms with Crippen molar-refractivity contribution < 1.29 is 14.7 Å². The fourth-order valence-electron chi connectivity index (χ4n) is 2.86. The minimum Gasteiger partial charge on any atom is -0.507 e. The van der Waals surface area contributed by atoms with E-state index in [1.807, 2.05) is 24.3 Å². The Labute approximate surface area is 132 Å². The SMILES string of the molecule is Cl.O=C1c2cc3ccccc3cc2C(=O)c2c(O)cccc21. The standard InChI is InChI=1S/C18H10O3.ClH/c19-15-7-3-6-12-16(15)18(21)14-9-11-5-2-1-4-10(11)8-13(14)17(12)20;/h1-9,19H;1H. The van der Waals surface area contributed by atoms with Crippen molar-refractivity contribution in [1.29, 1.82) is 0 Å². The third-order valence-electron chi connectivity index (χ3n) is 3.89. The van der Waals surface area contributed by atoms with Gasteiger partial charge in [0.2, 0.25) is 0 Å². The maximum absolute atomic E-state index is 12.6. The number of rotatable bonds is 0. The van der Waals surface area contributed by atoms with Gasteiger partial charge in [0.1, 0.15) is 5.75 Å². The number of aromatic hydroxyl groups is 1. The molecule has 4 rings (SSSR count). The smallest absolute Gasteiger partial charge is 0.198 e. The summed E-state index contributed by atoms with van der Waals surface area (Å²) in [5.41, 5.74) is 1.12. The Morgan fingerprint density at radius 2 is 1.27 bits per heavy atom. The summed E-state index contributed by atoms with van der Waals surface area (Å²) in [7, 11) is 0. The van der Waals surface area contributed by atoms with Gasteiger partial charge in [-0.3, -0.25) is 9.59 Å². The van der Waals surface area contributed by atoms with Crippen molar-refractivity contribution in [3.8, 4) is 5.75 Å². The molecule has 0 heterocycles. The zero-order chi connectivity index (χ0) is 14.6. The average molecular weight is 311 g/mol. The van der Waals surface area contributed by atoms with Gasteiger partial charge in [-0.25, -0.2) is 0 Å². The molecule has 1 aliphatic rings. The molecule has 0 amide bonds. The molecule has 0 aliphatic heterocycles. The summed E-state index contributed by atoms with van der Waals surface area (Å²) in [5, 5.41) is 11.7. The molecule has 1 N–H and O–H groups in total. The van der Waals surface area contributed by atoms with Crippen LogP contribution in [0.1, 0.15) is 31.8 Å². The third-order valence-corrected chi connectivity index (χ3v) is 3.89. The lowest BCUT2D eigenvalue weighted by Gasteiger charge is -2.18. The molecular formula is C18H11ClO3. The van der Waals surface area contributed by atoms with Crippen molar-refractivity contribution in [3.63, 3.8) is 0 Å². The number of phenols is 1. The first-order chi connectivity index (χ1) is 10.2. The number of hydrogen-bond acceptors (Lipinski definition) is 3. The van der Waals surface area contributed by atoms with Gasteiger partial charge in [0, 0.05) is 16.7 Å². The first-order valence-electron chi connectivity index (χ1n) is 6.61. The Kier molecular flexibility index (Phi) is 3.23. The van der Waals surface area contributed by atoms with E-state index in [-0.39, 0.29) is 40.8 Å². The topological polar surface area (TPSA) is 54.4 Å². The van der Waals surface area contributed by atoms with Crippen LogP contribution in [-0.4, -0.2) is 16.7 Å². The molecule has 0 saturated carbocycles. The minimum atomic E-state index is -0.302. The highest BCUT2D eigenvalue weighted by molar-refractivity contribution is 6.30. The molecule has 0 atom stereocenters. The first-order valence-corrected chi connectivity index (χ1v) is 6.61. The predicted octanol–water partition coefficient (Wildman–Crippen LogP) is 3.74. The molecule has 3 aromatic carbocycles. The van der Waals surface area contributed by atoms with E-state index >= 15 is 0 Å². The van der Waals surface area contributed by atoms with Crippen molar-refractivity contribution in [2.45, 2.75) is 0 Å². The molecule has 22 heavy (non-hydrogen) atoms. The Morgan fingerprint density at radius 1 is 0.682 bits per heavy atom. The Hall–Kier alpha value is -2.65. The van der Waals surface area contributed by atoms with Crippen molar-refractivity contribution in [2.75, 3.05) is 0 Å². The summed E-state index contributed by atoms with van der Waals surface area (Å²) in [6.45, 7) is 0. The van der Waals surface area contributed by atoms with E-state index in [9.17, 15) is 14.7 Å². The fraction of sp³-hybridized carbons (Fsp3) is 0. The summed E-state index contributed by atoms with van der Waals surface area (Å²) in [4.78, 5) is 25.2. The molecular weight excluding hydrogens is 300 g/mol. The molecule has 0 saturated heterocycles. The zero-order valence-corrected chi connectivity index (χ0v) is 12.2. The average Bonchev–Trinajstić information content (AvgIpc) is 2.51. The Balaban J connectivity index is 0.00000144. The lowest BCUT2D eigenvalue weighted by atomic mass is 9.82. The molecule has 0 bridgehead atoms. The highest BCUT2D eigenvalue weighted by Gasteiger charge is 2.31. The highest BCUT2D eigenvalue weighted by atomic mass is 35.5. The highest BCUT2D eigenvalue weighted by Crippen LogP contribution is 2.34. The van der Waals surface area contributed by atoms with Gasteiger partial charge in [0.15, 0.2) is 11.6 Å². The van der Waals surface area contributed by atoms with Crippen molar-refractivity contribution in [1.82, 2.24) is 0 Å². The number of phenolic OH excluding ortho intramolecular Hbond substituents is 1. The maximum Gasteiger partial charge on any atom is 0.198 e. The Bertz CT molecular complexity index is 944. The van der Waals surface area contributed by atoms with Crippen molar-refractivity contribution in [2.24, 2.45) is 0 Å². The predicted molar refractivity (Wildman–Crippen MR) is 86.2 cm³/mol. The van der Waals surface area contributed by atoms with Gasteiger partial charge in [-0.15, -0.1) is 12.4 Å². The summed E-state index contributed by atoms with van der Waals surface area (Å²) in [6, 6.07) is 15.6. The molecule has 3 aromatic rings. The van der Waals surface area contributed by atoms with Gasteiger partial charge >= 0.3 is 0 Å². The summed E-state index contributed by atoms with van der Waals surface area (Å²) >= 11 is 0. The van der Waals surface area contributed by atoms with Crippen LogP contribution in [0.2, 0.25) is 0 Å². The van der Waals surface area contributed by atoms with Crippen LogP contribution in [0.15, 0.2) is 54.6 Å². The van der Waals surface area contributed by atoms with E-state index in [1.165, 1.54) is 6.07 Å². The van der Waals surface area contributed by atoms with E-state index in [0.29, 0.717) is 11.1 Å². The normalized spacial score (nSPS) is 12.5. The molecule has 0 aromatic heterocycles. The zero-order valence-electron chi connectivity index (χ0n) is 11.4. The van der Waals surface area contributed by atoms with Crippen molar-refractivity contribution in [3.05, 3.63) is 76.9 Å². The maximum atomic E-state index is 12.6. The molecule has 0 radical (unpaired) electrons. The summed E-state index contributed by atoms with van der Waals surface area (Å²) in [5.74, 6) is -0.672. The second kappa shape index (κ2) is 4.97. The van der Waals surface area contributed by atoms with Gasteiger partial charge in [0.05, 0.1) is 5.56 Å². The molecule has 4 heteroatoms. The Morgan fingerprint density at radius 3 is 1.91 bits per heavy atom.